The molecule has 0 spiro atoms. The van der Waals surface area contributed by atoms with Crippen LogP contribution in [-0.4, -0.2) is 0 Å². The van der Waals surface area contributed by atoms with Gasteiger partial charge in [0, 0.05) is 16.2 Å². The highest BCUT2D eigenvalue weighted by Crippen LogP contribution is 2.44. The number of fused-ring (bicyclic) bond motifs is 1. The summed E-state index contributed by atoms with van der Waals surface area (Å²) in [6.45, 7) is 0. The monoisotopic (exact) mass is 166 g/mol. The average Bonchev–Trinajstić information content (AvgIpc) is 2.78. The Labute approximate surface area is 74.2 Å². The van der Waals surface area contributed by atoms with Gasteiger partial charge in [-0.25, -0.2) is 0 Å². The van der Waals surface area contributed by atoms with E-state index < -0.39 is 0 Å². The van der Waals surface area contributed by atoms with E-state index in [1.54, 1.807) is 0 Å². The first-order valence-electron chi connectivity index (χ1n) is 4.38. The van der Waals surface area contributed by atoms with Crippen molar-refractivity contribution in [2.45, 2.75) is 0 Å². The highest BCUT2D eigenvalue weighted by molar-refractivity contribution is 6.34. The molecule has 0 saturated carbocycles. The van der Waals surface area contributed by atoms with E-state index in [4.69, 9.17) is 4.42 Å². The molecule has 0 aliphatic heterocycles. The molecule has 4 aromatic carbocycles. The maximum absolute atomic E-state index is 5.40. The van der Waals surface area contributed by atoms with Crippen molar-refractivity contribution in [2.75, 3.05) is 0 Å². The second kappa shape index (κ2) is 1.62. The van der Waals surface area contributed by atoms with Gasteiger partial charge in [0.05, 0.1) is 6.26 Å². The fourth-order valence-electron chi connectivity index (χ4n) is 2.23. The summed E-state index contributed by atoms with van der Waals surface area (Å²) in [6.07, 6.45) is 1.85. The van der Waals surface area contributed by atoms with E-state index in [9.17, 15) is 0 Å². The van der Waals surface area contributed by atoms with Crippen molar-refractivity contribution in [1.29, 1.82) is 0 Å². The maximum atomic E-state index is 5.40. The van der Waals surface area contributed by atoms with Crippen molar-refractivity contribution >= 4 is 32.5 Å². The van der Waals surface area contributed by atoms with E-state index in [1.807, 2.05) is 6.26 Å². The van der Waals surface area contributed by atoms with Gasteiger partial charge in [0.25, 0.3) is 0 Å². The van der Waals surface area contributed by atoms with Gasteiger partial charge in [0.15, 0.2) is 0 Å². The normalized spacial score (nSPS) is 12.6. The van der Waals surface area contributed by atoms with Crippen LogP contribution in [0.1, 0.15) is 0 Å². The molecule has 0 fully saturated rings. The predicted molar refractivity (Wildman–Crippen MR) is 53.6 cm³/mol. The third-order valence-corrected chi connectivity index (χ3v) is 2.86. The Hall–Kier alpha value is -1.76. The molecule has 1 nitrogen and oxygen atoms in total. The minimum absolute atomic E-state index is 1.08. The third kappa shape index (κ3) is 0.475. The van der Waals surface area contributed by atoms with Crippen LogP contribution in [0.5, 0.6) is 0 Å². The Kier molecular flexibility index (Phi) is 0.724. The molecule has 0 radical (unpaired) electrons. The zero-order valence-electron chi connectivity index (χ0n) is 6.87. The lowest BCUT2D eigenvalue weighted by Crippen LogP contribution is -1.81. The molecule has 1 heteroatoms. The van der Waals surface area contributed by atoms with Gasteiger partial charge in [-0.2, -0.15) is 0 Å². The van der Waals surface area contributed by atoms with Crippen molar-refractivity contribution in [3.63, 3.8) is 0 Å². The van der Waals surface area contributed by atoms with E-state index >= 15 is 0 Å². The van der Waals surface area contributed by atoms with Gasteiger partial charge >= 0.3 is 0 Å². The fraction of sp³-hybridized carbons (Fsp3) is 0. The summed E-state index contributed by atoms with van der Waals surface area (Å²) in [4.78, 5) is 0. The first-order chi connectivity index (χ1) is 6.45. The third-order valence-electron chi connectivity index (χ3n) is 2.86. The van der Waals surface area contributed by atoms with Gasteiger partial charge < -0.3 is 4.42 Å². The quantitative estimate of drug-likeness (QED) is 0.389. The Balaban J connectivity index is 2.48. The van der Waals surface area contributed by atoms with E-state index in [0.29, 0.717) is 0 Å². The molecule has 0 aliphatic carbocycles. The van der Waals surface area contributed by atoms with Crippen LogP contribution < -0.4 is 0 Å². The molecule has 0 amide bonds. The maximum Gasteiger partial charge on any atom is 0.143 e. The molecule has 60 valence electrons. The molecule has 13 heavy (non-hydrogen) atoms. The number of rotatable bonds is 0. The standard InChI is InChI=1S/C12H6O/c1-2-4-8-7(3-1)5-9-10-6-13-12(9)11(8)10/h1-6H. The summed E-state index contributed by atoms with van der Waals surface area (Å²) in [5.74, 6) is 0. The molecule has 2 aromatic heterocycles. The number of hydrogen-bond acceptors (Lipinski definition) is 1. The minimum Gasteiger partial charge on any atom is -0.463 e. The SMILES string of the molecule is c1ccc2c(c1)cc1c3coc1c23. The smallest absolute Gasteiger partial charge is 0.143 e. The molecule has 0 atom stereocenters. The van der Waals surface area contributed by atoms with Crippen LogP contribution in [0.3, 0.4) is 0 Å². The molecular weight excluding hydrogens is 160 g/mol. The van der Waals surface area contributed by atoms with Gasteiger partial charge in [-0.3, -0.25) is 0 Å². The Bertz CT molecular complexity index is 661. The second-order valence-corrected chi connectivity index (χ2v) is 3.50. The lowest BCUT2D eigenvalue weighted by atomic mass is 9.94. The highest BCUT2D eigenvalue weighted by atomic mass is 16.3. The molecule has 0 saturated heterocycles. The summed E-state index contributed by atoms with van der Waals surface area (Å²) in [5.41, 5.74) is 1.08. The van der Waals surface area contributed by atoms with Gasteiger partial charge in [0.2, 0.25) is 0 Å². The van der Waals surface area contributed by atoms with Crippen molar-refractivity contribution in [2.24, 2.45) is 0 Å². The summed E-state index contributed by atoms with van der Waals surface area (Å²) in [5, 5.41) is 6.52. The number of benzene rings is 3. The molecule has 4 bridgehead atoms. The van der Waals surface area contributed by atoms with Crippen LogP contribution >= 0.6 is 0 Å². The molecule has 6 rings (SSSR count). The lowest BCUT2D eigenvalue weighted by Gasteiger charge is -2.07. The molecule has 0 aliphatic rings. The van der Waals surface area contributed by atoms with Crippen molar-refractivity contribution in [3.05, 3.63) is 36.6 Å². The van der Waals surface area contributed by atoms with Crippen LogP contribution in [0.25, 0.3) is 32.5 Å². The zero-order chi connectivity index (χ0) is 8.41. The number of furan rings is 2. The first kappa shape index (κ1) is 5.81. The Morgan fingerprint density at radius 2 is 1.85 bits per heavy atom. The van der Waals surface area contributed by atoms with Gasteiger partial charge in [-0.1, -0.05) is 24.3 Å². The van der Waals surface area contributed by atoms with Crippen molar-refractivity contribution in [1.82, 2.24) is 0 Å². The zero-order valence-corrected chi connectivity index (χ0v) is 6.87. The fourth-order valence-corrected chi connectivity index (χ4v) is 2.23. The summed E-state index contributed by atoms with van der Waals surface area (Å²) in [7, 11) is 0. The van der Waals surface area contributed by atoms with Crippen LogP contribution in [0.15, 0.2) is 41.0 Å². The van der Waals surface area contributed by atoms with E-state index in [-0.39, 0.29) is 0 Å². The Morgan fingerprint density at radius 1 is 0.923 bits per heavy atom. The Morgan fingerprint density at radius 3 is 2.69 bits per heavy atom. The first-order valence-corrected chi connectivity index (χ1v) is 4.38. The summed E-state index contributed by atoms with van der Waals surface area (Å²) < 4.78 is 5.40. The van der Waals surface area contributed by atoms with Gasteiger partial charge in [-0.15, -0.1) is 0 Å². The predicted octanol–water partition coefficient (Wildman–Crippen LogP) is 3.61. The highest BCUT2D eigenvalue weighted by Gasteiger charge is 2.19. The lowest BCUT2D eigenvalue weighted by molar-refractivity contribution is 0.628. The second-order valence-electron chi connectivity index (χ2n) is 3.50. The van der Waals surface area contributed by atoms with Gasteiger partial charge in [-0.05, 0) is 16.8 Å². The van der Waals surface area contributed by atoms with Crippen LogP contribution in [-0.2, 0) is 0 Å². The largest absolute Gasteiger partial charge is 0.463 e. The molecule has 0 unspecified atom stereocenters. The molecule has 0 N–H and O–H groups in total. The van der Waals surface area contributed by atoms with Crippen LogP contribution in [0, 0.1) is 0 Å². The van der Waals surface area contributed by atoms with E-state index in [2.05, 4.69) is 30.3 Å². The van der Waals surface area contributed by atoms with Crippen LogP contribution in [0.4, 0.5) is 0 Å². The molecule has 2 heterocycles. The van der Waals surface area contributed by atoms with Crippen LogP contribution in [0.2, 0.25) is 0 Å². The minimum atomic E-state index is 1.08. The molecular formula is C12H6O. The molecule has 6 aromatic rings. The summed E-state index contributed by atoms with van der Waals surface area (Å²) in [6, 6.07) is 10.6. The average molecular weight is 166 g/mol. The number of hydrogen-bond donors (Lipinski definition) is 0. The topological polar surface area (TPSA) is 13.1 Å². The van der Waals surface area contributed by atoms with E-state index in [0.717, 1.165) is 5.58 Å². The van der Waals surface area contributed by atoms with Crippen molar-refractivity contribution < 1.29 is 4.42 Å². The van der Waals surface area contributed by atoms with Crippen molar-refractivity contribution in [3.8, 4) is 0 Å². The summed E-state index contributed by atoms with van der Waals surface area (Å²) >= 11 is 0. The van der Waals surface area contributed by atoms with Gasteiger partial charge in [0.1, 0.15) is 5.58 Å². The van der Waals surface area contributed by atoms with E-state index in [1.165, 1.54) is 26.9 Å².